The lowest BCUT2D eigenvalue weighted by molar-refractivity contribution is -0.268. The second-order valence-electron chi connectivity index (χ2n) is 7.46. The minimum Gasteiger partial charge on any atom is -0.872 e. The van der Waals surface area contributed by atoms with Crippen LogP contribution < -0.4 is 5.11 Å². The molecule has 5 aromatic rings. The Bertz CT molecular complexity index is 1490. The molecular formula is C27H16NO5-. The first-order chi connectivity index (χ1) is 16.0. The average Bonchev–Trinajstić information content (AvgIpc) is 3.28. The Balaban J connectivity index is 1.59. The minimum atomic E-state index is -1.13. The van der Waals surface area contributed by atoms with Gasteiger partial charge in [0.05, 0.1) is 5.56 Å². The number of benzene rings is 4. The predicted molar refractivity (Wildman–Crippen MR) is 121 cm³/mol. The summed E-state index contributed by atoms with van der Waals surface area (Å²) >= 11 is 0. The van der Waals surface area contributed by atoms with Crippen molar-refractivity contribution in [2.45, 2.75) is 0 Å². The Hall–Kier alpha value is -4.71. The van der Waals surface area contributed by atoms with Crippen LogP contribution in [0.2, 0.25) is 0 Å². The van der Waals surface area contributed by atoms with E-state index < -0.39 is 11.7 Å². The predicted octanol–water partition coefficient (Wildman–Crippen LogP) is 5.16. The molecule has 5 rings (SSSR count). The summed E-state index contributed by atoms with van der Waals surface area (Å²) in [5.41, 5.74) is 3.05. The number of ketones is 1. The van der Waals surface area contributed by atoms with E-state index in [2.05, 4.69) is 4.98 Å². The normalized spacial score (nSPS) is 10.9. The van der Waals surface area contributed by atoms with Crippen molar-refractivity contribution in [2.75, 3.05) is 0 Å². The van der Waals surface area contributed by atoms with Crippen LogP contribution in [0.15, 0.2) is 95.4 Å². The maximum atomic E-state index is 12.8. The maximum absolute atomic E-state index is 12.8. The number of carboxylic acids is 1. The molecule has 0 fully saturated rings. The number of hydrogen-bond acceptors (Lipinski definition) is 5. The van der Waals surface area contributed by atoms with Crippen LogP contribution in [0.5, 0.6) is 5.75 Å². The summed E-state index contributed by atoms with van der Waals surface area (Å²) in [6, 6.07) is 24.8. The number of fused-ring (bicyclic) bond motifs is 1. The van der Waals surface area contributed by atoms with Crippen molar-refractivity contribution >= 4 is 22.9 Å². The van der Waals surface area contributed by atoms with E-state index in [1.54, 1.807) is 54.6 Å². The van der Waals surface area contributed by atoms with Crippen molar-refractivity contribution in [3.05, 3.63) is 108 Å². The zero-order chi connectivity index (χ0) is 22.9. The Morgan fingerprint density at radius 3 is 2.21 bits per heavy atom. The number of para-hydroxylation sites is 2. The van der Waals surface area contributed by atoms with Gasteiger partial charge < -0.3 is 14.6 Å². The standard InChI is InChI=1S/C27H17NO5/c29-23-15-17(10-13-20(23)25(30)16-6-2-1-3-7-16)21-14-18(11-12-19(21)27(31)32)26-28-22-8-4-5-9-24(22)33-26/h1-15,29H,(H,31,32)/p-1. The molecular weight excluding hydrogens is 418 g/mol. The van der Waals surface area contributed by atoms with Gasteiger partial charge >= 0.3 is 5.97 Å². The Labute approximate surface area is 188 Å². The molecule has 6 heteroatoms. The highest BCUT2D eigenvalue weighted by molar-refractivity contribution is 6.11. The maximum Gasteiger partial charge on any atom is 0.336 e. The van der Waals surface area contributed by atoms with Crippen molar-refractivity contribution in [3.8, 4) is 28.3 Å². The number of carbonyl (C=O) groups excluding carboxylic acids is 1. The van der Waals surface area contributed by atoms with Crippen LogP contribution in [0.25, 0.3) is 33.7 Å². The highest BCUT2D eigenvalue weighted by Gasteiger charge is 2.17. The van der Waals surface area contributed by atoms with E-state index in [0.717, 1.165) is 0 Å². The lowest BCUT2D eigenvalue weighted by atomic mass is 9.94. The molecule has 0 aliphatic heterocycles. The average molecular weight is 434 g/mol. The first kappa shape index (κ1) is 20.2. The first-order valence-electron chi connectivity index (χ1n) is 10.2. The van der Waals surface area contributed by atoms with Crippen molar-refractivity contribution in [3.63, 3.8) is 0 Å². The van der Waals surface area contributed by atoms with E-state index in [-0.39, 0.29) is 16.9 Å². The van der Waals surface area contributed by atoms with Gasteiger partial charge in [-0.3, -0.25) is 4.79 Å². The van der Waals surface area contributed by atoms with Crippen LogP contribution in [0, 0.1) is 0 Å². The summed E-state index contributed by atoms with van der Waals surface area (Å²) < 4.78 is 5.80. The third-order valence-corrected chi connectivity index (χ3v) is 5.36. The molecule has 0 bridgehead atoms. The third-order valence-electron chi connectivity index (χ3n) is 5.36. The molecule has 1 N–H and O–H groups in total. The van der Waals surface area contributed by atoms with Crippen molar-refractivity contribution < 1.29 is 24.2 Å². The number of aromatic nitrogens is 1. The van der Waals surface area contributed by atoms with E-state index in [1.165, 1.54) is 18.2 Å². The summed E-state index contributed by atoms with van der Waals surface area (Å²) in [5.74, 6) is -1.66. The Morgan fingerprint density at radius 1 is 0.788 bits per heavy atom. The molecule has 4 aromatic carbocycles. The minimum absolute atomic E-state index is 0.0244. The Morgan fingerprint density at radius 2 is 1.48 bits per heavy atom. The molecule has 1 heterocycles. The van der Waals surface area contributed by atoms with Gasteiger partial charge in [0, 0.05) is 16.7 Å². The largest absolute Gasteiger partial charge is 0.872 e. The summed E-state index contributed by atoms with van der Waals surface area (Å²) in [5, 5.41) is 22.5. The Kier molecular flexibility index (Phi) is 4.95. The molecule has 1 aromatic heterocycles. The molecule has 0 aliphatic rings. The van der Waals surface area contributed by atoms with Gasteiger partial charge in [-0.1, -0.05) is 66.4 Å². The third kappa shape index (κ3) is 3.74. The molecule has 0 atom stereocenters. The van der Waals surface area contributed by atoms with E-state index in [1.807, 2.05) is 18.2 Å². The monoisotopic (exact) mass is 434 g/mol. The van der Waals surface area contributed by atoms with Gasteiger partial charge in [0.15, 0.2) is 11.4 Å². The van der Waals surface area contributed by atoms with Crippen LogP contribution in [0.3, 0.4) is 0 Å². The first-order valence-corrected chi connectivity index (χ1v) is 10.2. The van der Waals surface area contributed by atoms with Crippen molar-refractivity contribution in [1.29, 1.82) is 0 Å². The molecule has 160 valence electrons. The van der Waals surface area contributed by atoms with E-state index in [9.17, 15) is 19.8 Å². The molecule has 0 saturated carbocycles. The van der Waals surface area contributed by atoms with E-state index >= 15 is 0 Å². The molecule has 6 nitrogen and oxygen atoms in total. The molecule has 0 aliphatic carbocycles. The van der Waals surface area contributed by atoms with Crippen molar-refractivity contribution in [1.82, 2.24) is 4.98 Å². The van der Waals surface area contributed by atoms with Crippen LogP contribution in [0.4, 0.5) is 0 Å². The summed E-state index contributed by atoms with van der Waals surface area (Å²) in [7, 11) is 0. The number of hydrogen-bond donors (Lipinski definition) is 1. The zero-order valence-electron chi connectivity index (χ0n) is 17.2. The molecule has 0 amide bonds. The number of nitrogens with zero attached hydrogens (tertiary/aromatic N) is 1. The highest BCUT2D eigenvalue weighted by atomic mass is 16.4. The number of aromatic carboxylic acids is 1. The number of carboxylic acid groups (broad SMARTS) is 1. The van der Waals surface area contributed by atoms with Gasteiger partial charge in [0.2, 0.25) is 5.89 Å². The van der Waals surface area contributed by atoms with Gasteiger partial charge in [-0.15, -0.1) is 0 Å². The molecule has 0 radical (unpaired) electrons. The quantitative estimate of drug-likeness (QED) is 0.383. The fraction of sp³-hybridized carbons (Fsp3) is 0. The second kappa shape index (κ2) is 8.09. The van der Waals surface area contributed by atoms with E-state index in [0.29, 0.717) is 39.2 Å². The van der Waals surface area contributed by atoms with Gasteiger partial charge in [0.1, 0.15) is 5.52 Å². The lowest BCUT2D eigenvalue weighted by Crippen LogP contribution is -2.07. The van der Waals surface area contributed by atoms with Crippen LogP contribution in [0.1, 0.15) is 26.3 Å². The zero-order valence-corrected chi connectivity index (χ0v) is 17.2. The second-order valence-corrected chi connectivity index (χ2v) is 7.46. The fourth-order valence-electron chi connectivity index (χ4n) is 3.72. The number of rotatable bonds is 5. The molecule has 0 spiro atoms. The van der Waals surface area contributed by atoms with Gasteiger partial charge in [0.25, 0.3) is 0 Å². The fourth-order valence-corrected chi connectivity index (χ4v) is 3.72. The smallest absolute Gasteiger partial charge is 0.336 e. The van der Waals surface area contributed by atoms with E-state index in [4.69, 9.17) is 4.42 Å². The van der Waals surface area contributed by atoms with Crippen LogP contribution >= 0.6 is 0 Å². The highest BCUT2D eigenvalue weighted by Crippen LogP contribution is 2.33. The topological polar surface area (TPSA) is 103 Å². The molecule has 0 unspecified atom stereocenters. The number of oxazole rings is 1. The molecule has 0 saturated heterocycles. The van der Waals surface area contributed by atoms with Crippen LogP contribution in [-0.4, -0.2) is 21.8 Å². The lowest BCUT2D eigenvalue weighted by Gasteiger charge is -2.16. The summed E-state index contributed by atoms with van der Waals surface area (Å²) in [6.07, 6.45) is 0. The number of carbonyl (C=O) groups is 2. The SMILES string of the molecule is O=C(c1ccccc1)c1ccc(-c2cc(-c3nc4ccccc4o3)ccc2C(=O)O)cc1[O-]. The molecule has 33 heavy (non-hydrogen) atoms. The summed E-state index contributed by atoms with van der Waals surface area (Å²) in [4.78, 5) is 29.0. The summed E-state index contributed by atoms with van der Waals surface area (Å²) in [6.45, 7) is 0. The van der Waals surface area contributed by atoms with Crippen molar-refractivity contribution in [2.24, 2.45) is 0 Å². The van der Waals surface area contributed by atoms with Gasteiger partial charge in [-0.2, -0.15) is 0 Å². The van der Waals surface area contributed by atoms with Gasteiger partial charge in [-0.25, -0.2) is 9.78 Å². The van der Waals surface area contributed by atoms with Gasteiger partial charge in [-0.05, 0) is 41.5 Å². The van der Waals surface area contributed by atoms with Crippen LogP contribution in [-0.2, 0) is 0 Å².